The molecule has 3 aliphatic rings. The van der Waals surface area contributed by atoms with Crippen LogP contribution in [-0.2, 0) is 25.6 Å². The highest BCUT2D eigenvalue weighted by molar-refractivity contribution is 7.10. The first-order chi connectivity index (χ1) is 34.7. The standard InChI is InChI=1S/C55H70N10O5S/c1-37(56-2)51(66)62-50(39-16-9-6-10-17-39)54(67)64-29-13-20-48(64)52-60-47(36-71-52)43-25-26-49(44-19-12-11-18-42(43)44)70-33-31-68-30-32-69-41-23-21-40(22-24-41)59-55-57-28-27-46(61-55)45-34-58-65(53(45)63(3)4)35-38-14-7-5-8-15-38/h5,7-8,11-12,14-15,18-19,25-28,34,36-37,39-41,48,50,56H,6,9-10,13,16-17,20-24,29-33,35H2,1-4H3,(H,62,66)(H,57,59,61)/t37-,40?,41?,48-,50?/m0/s1. The summed E-state index contributed by atoms with van der Waals surface area (Å²) in [5, 5.41) is 19.6. The molecular weight excluding hydrogens is 913 g/mol. The zero-order valence-electron chi connectivity index (χ0n) is 41.7. The molecular formula is C55H70N10O5S. The number of aromatic nitrogens is 5. The number of hydrogen-bond acceptors (Lipinski definition) is 13. The largest absolute Gasteiger partial charge is 0.491 e. The molecule has 1 saturated heterocycles. The van der Waals surface area contributed by atoms with Crippen LogP contribution in [0.2, 0.25) is 0 Å². The van der Waals surface area contributed by atoms with Crippen molar-refractivity contribution in [2.75, 3.05) is 64.3 Å². The number of thiazole rings is 1. The second kappa shape index (κ2) is 24.0. The molecule has 71 heavy (non-hydrogen) atoms. The third-order valence-electron chi connectivity index (χ3n) is 14.4. The topological polar surface area (TPSA) is 161 Å². The van der Waals surface area contributed by atoms with Crippen LogP contribution in [0, 0.1) is 5.92 Å². The molecule has 0 bridgehead atoms. The third-order valence-corrected chi connectivity index (χ3v) is 15.4. The molecule has 2 amide bonds. The van der Waals surface area contributed by atoms with E-state index in [0.29, 0.717) is 45.5 Å². The van der Waals surface area contributed by atoms with Crippen LogP contribution in [0.1, 0.15) is 94.2 Å². The van der Waals surface area contributed by atoms with E-state index >= 15 is 0 Å². The minimum Gasteiger partial charge on any atom is -0.491 e. The second-order valence-electron chi connectivity index (χ2n) is 19.4. The summed E-state index contributed by atoms with van der Waals surface area (Å²) >= 11 is 1.61. The van der Waals surface area contributed by atoms with Gasteiger partial charge in [-0.3, -0.25) is 9.59 Å². The van der Waals surface area contributed by atoms with E-state index in [9.17, 15) is 9.59 Å². The number of anilines is 2. The number of likely N-dealkylation sites (N-methyl/N-ethyl adjacent to an activating group) is 1. The van der Waals surface area contributed by atoms with Crippen molar-refractivity contribution in [3.63, 3.8) is 0 Å². The Kier molecular flexibility index (Phi) is 16.9. The fourth-order valence-corrected chi connectivity index (χ4v) is 11.5. The van der Waals surface area contributed by atoms with E-state index in [4.69, 9.17) is 29.3 Å². The van der Waals surface area contributed by atoms with Crippen molar-refractivity contribution >= 4 is 45.7 Å². The molecule has 1 aliphatic heterocycles. The van der Waals surface area contributed by atoms with Gasteiger partial charge in [-0.15, -0.1) is 11.3 Å². The van der Waals surface area contributed by atoms with Crippen molar-refractivity contribution in [3.05, 3.63) is 101 Å². The quantitative estimate of drug-likeness (QED) is 0.0589. The molecule has 2 saturated carbocycles. The molecule has 6 aromatic rings. The van der Waals surface area contributed by atoms with Crippen molar-refractivity contribution in [2.24, 2.45) is 5.92 Å². The highest BCUT2D eigenvalue weighted by atomic mass is 32.1. The molecule has 3 N–H and O–H groups in total. The zero-order chi connectivity index (χ0) is 49.1. The van der Waals surface area contributed by atoms with E-state index in [0.717, 1.165) is 114 Å². The number of hydrogen-bond donors (Lipinski definition) is 3. The number of carbonyl (C=O) groups excluding carboxylic acids is 2. The van der Waals surface area contributed by atoms with Gasteiger partial charge in [0.05, 0.1) is 67.7 Å². The molecule has 1 unspecified atom stereocenters. The van der Waals surface area contributed by atoms with E-state index in [2.05, 4.69) is 73.7 Å². The van der Waals surface area contributed by atoms with Crippen molar-refractivity contribution in [1.29, 1.82) is 0 Å². The van der Waals surface area contributed by atoms with E-state index < -0.39 is 6.04 Å². The Hall–Kier alpha value is -5.94. The summed E-state index contributed by atoms with van der Waals surface area (Å²) in [6, 6.07) is 23.9. The van der Waals surface area contributed by atoms with Crippen molar-refractivity contribution in [1.82, 2.24) is 40.3 Å². The number of nitrogens with zero attached hydrogens (tertiary/aromatic N) is 7. The number of benzene rings is 3. The van der Waals surface area contributed by atoms with Gasteiger partial charge in [0.2, 0.25) is 17.8 Å². The first-order valence-corrected chi connectivity index (χ1v) is 26.6. The number of likely N-dealkylation sites (tertiary alicyclic amines) is 1. The molecule has 3 aromatic carbocycles. The highest BCUT2D eigenvalue weighted by Gasteiger charge is 2.40. The van der Waals surface area contributed by atoms with Gasteiger partial charge in [0.15, 0.2) is 0 Å². The van der Waals surface area contributed by atoms with Gasteiger partial charge >= 0.3 is 0 Å². The number of amides is 2. The van der Waals surface area contributed by atoms with Crippen LogP contribution in [0.5, 0.6) is 5.75 Å². The minimum atomic E-state index is -0.520. The first kappa shape index (κ1) is 50.0. The number of fused-ring (bicyclic) bond motifs is 1. The van der Waals surface area contributed by atoms with Crippen LogP contribution < -0.4 is 25.6 Å². The molecule has 0 radical (unpaired) electrons. The Labute approximate surface area is 422 Å². The van der Waals surface area contributed by atoms with E-state index in [1.807, 2.05) is 73.3 Å². The van der Waals surface area contributed by atoms with Crippen molar-refractivity contribution in [2.45, 2.75) is 114 Å². The number of nitrogens with one attached hydrogen (secondary N) is 3. The summed E-state index contributed by atoms with van der Waals surface area (Å²) in [6.45, 7) is 5.08. The summed E-state index contributed by atoms with van der Waals surface area (Å²) < 4.78 is 20.5. The number of rotatable bonds is 21. The lowest BCUT2D eigenvalue weighted by Crippen LogP contribution is -2.55. The van der Waals surface area contributed by atoms with E-state index in [1.54, 1.807) is 18.4 Å². The van der Waals surface area contributed by atoms with Gasteiger partial charge in [0.1, 0.15) is 29.2 Å². The van der Waals surface area contributed by atoms with Crippen LogP contribution in [0.25, 0.3) is 33.3 Å². The summed E-state index contributed by atoms with van der Waals surface area (Å²) in [7, 11) is 5.84. The van der Waals surface area contributed by atoms with Gasteiger partial charge in [0, 0.05) is 49.2 Å². The smallest absolute Gasteiger partial charge is 0.246 e. The fraction of sp³-hybridized carbons (Fsp3) is 0.491. The lowest BCUT2D eigenvalue weighted by Gasteiger charge is -2.35. The molecule has 3 aromatic heterocycles. The molecule has 9 rings (SSSR count). The van der Waals surface area contributed by atoms with E-state index in [-0.39, 0.29) is 42.0 Å². The summed E-state index contributed by atoms with van der Waals surface area (Å²) in [6.07, 6.45) is 14.8. The van der Waals surface area contributed by atoms with Gasteiger partial charge in [-0.05, 0) is 100 Å². The van der Waals surface area contributed by atoms with Crippen LogP contribution in [0.3, 0.4) is 0 Å². The minimum absolute atomic E-state index is 0.0252. The first-order valence-electron chi connectivity index (χ1n) is 25.7. The third kappa shape index (κ3) is 12.2. The molecule has 4 heterocycles. The maximum Gasteiger partial charge on any atom is 0.246 e. The van der Waals surface area contributed by atoms with Gasteiger partial charge in [-0.25, -0.2) is 19.6 Å². The lowest BCUT2D eigenvalue weighted by molar-refractivity contribution is -0.139. The van der Waals surface area contributed by atoms with Gasteiger partial charge in [0.25, 0.3) is 0 Å². The summed E-state index contributed by atoms with van der Waals surface area (Å²) in [4.78, 5) is 46.2. The van der Waals surface area contributed by atoms with E-state index in [1.165, 1.54) is 12.0 Å². The van der Waals surface area contributed by atoms with Crippen LogP contribution in [-0.4, -0.2) is 120 Å². The average molecular weight is 983 g/mol. The predicted octanol–water partition coefficient (Wildman–Crippen LogP) is 8.90. The maximum atomic E-state index is 14.4. The van der Waals surface area contributed by atoms with Gasteiger partial charge < -0.3 is 40.0 Å². The Bertz CT molecular complexity index is 2680. The molecule has 16 heteroatoms. The van der Waals surface area contributed by atoms with Crippen molar-refractivity contribution in [3.8, 4) is 28.3 Å². The Morgan fingerprint density at radius 1 is 0.817 bits per heavy atom. The molecule has 3 atom stereocenters. The van der Waals surface area contributed by atoms with Crippen LogP contribution in [0.4, 0.5) is 11.8 Å². The predicted molar refractivity (Wildman–Crippen MR) is 281 cm³/mol. The Balaban J connectivity index is 0.722. The number of carbonyl (C=O) groups is 2. The van der Waals surface area contributed by atoms with Gasteiger partial charge in [-0.2, -0.15) is 5.10 Å². The molecule has 2 aliphatic carbocycles. The molecule has 15 nitrogen and oxygen atoms in total. The molecule has 0 spiro atoms. The van der Waals surface area contributed by atoms with Crippen molar-refractivity contribution < 1.29 is 23.8 Å². The SMILES string of the molecule is CN[C@@H](C)C(=O)NC(C(=O)N1CCC[C@H]1c1nc(-c2ccc(OCCOCCOC3CCC(Nc4nccc(-c5cnn(Cc6ccccc6)c5N(C)C)n4)CC3)c3ccccc23)cs1)C1CCCCC1. The second-order valence-corrected chi connectivity index (χ2v) is 20.3. The Morgan fingerprint density at radius 2 is 1.59 bits per heavy atom. The summed E-state index contributed by atoms with van der Waals surface area (Å²) in [5.41, 5.74) is 4.92. The average Bonchev–Trinajstić information content (AvgIpc) is 4.20. The van der Waals surface area contributed by atoms with Crippen LogP contribution in [0.15, 0.2) is 90.6 Å². The number of ether oxygens (including phenoxy) is 3. The van der Waals surface area contributed by atoms with Crippen LogP contribution >= 0.6 is 11.3 Å². The fourth-order valence-electron chi connectivity index (χ4n) is 10.5. The highest BCUT2D eigenvalue weighted by Crippen LogP contribution is 2.40. The summed E-state index contributed by atoms with van der Waals surface area (Å²) in [5.74, 6) is 2.47. The molecule has 3 fully saturated rings. The maximum absolute atomic E-state index is 14.4. The Morgan fingerprint density at radius 3 is 2.38 bits per heavy atom. The zero-order valence-corrected chi connectivity index (χ0v) is 42.5. The molecule has 376 valence electrons. The normalized spacial score (nSPS) is 19.4. The lowest BCUT2D eigenvalue weighted by atomic mass is 9.83. The van der Waals surface area contributed by atoms with Gasteiger partial charge in [-0.1, -0.05) is 73.9 Å². The monoisotopic (exact) mass is 983 g/mol.